The zero-order valence-electron chi connectivity index (χ0n) is 12.4. The second-order valence-corrected chi connectivity index (χ2v) is 4.30. The van der Waals surface area contributed by atoms with Crippen molar-refractivity contribution < 1.29 is 19.0 Å². The third-order valence-electron chi connectivity index (χ3n) is 2.58. The van der Waals surface area contributed by atoms with Crippen LogP contribution in [0.5, 0.6) is 11.5 Å². The molecule has 0 heterocycles. The smallest absolute Gasteiger partial charge is 0.320 e. The maximum absolute atomic E-state index is 11.3. The first kappa shape index (κ1) is 16.3. The van der Waals surface area contributed by atoms with E-state index in [9.17, 15) is 4.79 Å². The molecule has 0 aliphatic carbocycles. The molecule has 0 atom stereocenters. The standard InChI is InChI=1S/C15H23NO4/c1-4-18-13-6-8-14(9-7-13)20-11-10-16(3)12-15(17)19-5-2/h6-9H,4-5,10-12H2,1-3H3. The molecule has 20 heavy (non-hydrogen) atoms. The Labute approximate surface area is 120 Å². The monoisotopic (exact) mass is 281 g/mol. The van der Waals surface area contributed by atoms with Crippen molar-refractivity contribution in [1.29, 1.82) is 0 Å². The number of rotatable bonds is 9. The molecular formula is C15H23NO4. The topological polar surface area (TPSA) is 48.0 Å². The molecule has 1 rings (SSSR count). The fourth-order valence-electron chi connectivity index (χ4n) is 1.62. The van der Waals surface area contributed by atoms with Gasteiger partial charge in [-0.05, 0) is 45.2 Å². The number of benzene rings is 1. The van der Waals surface area contributed by atoms with Crippen LogP contribution in [0.3, 0.4) is 0 Å². The van der Waals surface area contributed by atoms with E-state index in [1.807, 2.05) is 43.1 Å². The zero-order valence-corrected chi connectivity index (χ0v) is 12.4. The molecule has 112 valence electrons. The number of likely N-dealkylation sites (N-methyl/N-ethyl adjacent to an activating group) is 1. The van der Waals surface area contributed by atoms with E-state index in [4.69, 9.17) is 14.2 Å². The highest BCUT2D eigenvalue weighted by atomic mass is 16.5. The van der Waals surface area contributed by atoms with Crippen LogP contribution in [0.25, 0.3) is 0 Å². The molecule has 0 aliphatic heterocycles. The van der Waals surface area contributed by atoms with Crippen LogP contribution in [0, 0.1) is 0 Å². The van der Waals surface area contributed by atoms with E-state index < -0.39 is 0 Å². The molecule has 0 N–H and O–H groups in total. The average Bonchev–Trinajstić information content (AvgIpc) is 2.41. The summed E-state index contributed by atoms with van der Waals surface area (Å²) >= 11 is 0. The number of carbonyl (C=O) groups excluding carboxylic acids is 1. The van der Waals surface area contributed by atoms with Crippen molar-refractivity contribution in [3.63, 3.8) is 0 Å². The third-order valence-corrected chi connectivity index (χ3v) is 2.58. The van der Waals surface area contributed by atoms with Crippen LogP contribution < -0.4 is 9.47 Å². The van der Waals surface area contributed by atoms with Gasteiger partial charge in [-0.1, -0.05) is 0 Å². The van der Waals surface area contributed by atoms with Gasteiger partial charge >= 0.3 is 5.97 Å². The summed E-state index contributed by atoms with van der Waals surface area (Å²) in [5.41, 5.74) is 0. The minimum atomic E-state index is -0.212. The van der Waals surface area contributed by atoms with Gasteiger partial charge in [0, 0.05) is 6.54 Å². The fraction of sp³-hybridized carbons (Fsp3) is 0.533. The lowest BCUT2D eigenvalue weighted by Crippen LogP contribution is -2.30. The second-order valence-electron chi connectivity index (χ2n) is 4.30. The summed E-state index contributed by atoms with van der Waals surface area (Å²) in [6.45, 7) is 6.27. The molecule has 0 spiro atoms. The van der Waals surface area contributed by atoms with Crippen LogP contribution in [0.1, 0.15) is 13.8 Å². The highest BCUT2D eigenvalue weighted by Gasteiger charge is 2.06. The van der Waals surface area contributed by atoms with Gasteiger partial charge < -0.3 is 14.2 Å². The van der Waals surface area contributed by atoms with Crippen molar-refractivity contribution in [2.24, 2.45) is 0 Å². The van der Waals surface area contributed by atoms with Gasteiger partial charge in [0.05, 0.1) is 19.8 Å². The molecule has 0 radical (unpaired) electrons. The number of nitrogens with zero attached hydrogens (tertiary/aromatic N) is 1. The molecule has 0 aliphatic rings. The Morgan fingerprint density at radius 1 is 1.05 bits per heavy atom. The van der Waals surface area contributed by atoms with Crippen LogP contribution in [0.15, 0.2) is 24.3 Å². The molecule has 0 saturated carbocycles. The lowest BCUT2D eigenvalue weighted by molar-refractivity contribution is -0.144. The second kappa shape index (κ2) is 9.20. The van der Waals surface area contributed by atoms with Gasteiger partial charge in [0.15, 0.2) is 0 Å². The maximum atomic E-state index is 11.3. The van der Waals surface area contributed by atoms with Gasteiger partial charge in [0.1, 0.15) is 18.1 Å². The molecule has 1 aromatic rings. The van der Waals surface area contributed by atoms with E-state index in [0.29, 0.717) is 26.4 Å². The molecule has 0 bridgehead atoms. The third kappa shape index (κ3) is 6.43. The summed E-state index contributed by atoms with van der Waals surface area (Å²) in [7, 11) is 1.86. The van der Waals surface area contributed by atoms with Crippen LogP contribution in [-0.4, -0.2) is 50.8 Å². The number of hydrogen-bond acceptors (Lipinski definition) is 5. The van der Waals surface area contributed by atoms with Crippen molar-refractivity contribution in [2.45, 2.75) is 13.8 Å². The molecule has 0 amide bonds. The van der Waals surface area contributed by atoms with Gasteiger partial charge in [0.25, 0.3) is 0 Å². The van der Waals surface area contributed by atoms with Crippen molar-refractivity contribution in [3.8, 4) is 11.5 Å². The number of esters is 1. The normalized spacial score (nSPS) is 10.4. The molecule has 0 fully saturated rings. The summed E-state index contributed by atoms with van der Waals surface area (Å²) < 4.78 is 15.8. The summed E-state index contributed by atoms with van der Waals surface area (Å²) in [6.07, 6.45) is 0. The van der Waals surface area contributed by atoms with Gasteiger partial charge in [-0.15, -0.1) is 0 Å². The molecule has 0 aromatic heterocycles. The highest BCUT2D eigenvalue weighted by Crippen LogP contribution is 2.17. The van der Waals surface area contributed by atoms with E-state index in [2.05, 4.69) is 0 Å². The van der Waals surface area contributed by atoms with E-state index in [0.717, 1.165) is 11.5 Å². The molecule has 0 unspecified atom stereocenters. The number of carbonyl (C=O) groups is 1. The predicted molar refractivity (Wildman–Crippen MR) is 77.2 cm³/mol. The Balaban J connectivity index is 2.24. The Morgan fingerprint density at radius 3 is 2.20 bits per heavy atom. The fourth-order valence-corrected chi connectivity index (χ4v) is 1.62. The molecule has 0 saturated heterocycles. The predicted octanol–water partition coefficient (Wildman–Crippen LogP) is 1.96. The van der Waals surface area contributed by atoms with E-state index >= 15 is 0 Å². The lowest BCUT2D eigenvalue weighted by atomic mass is 10.3. The first-order valence-corrected chi connectivity index (χ1v) is 6.85. The Kier molecular flexibility index (Phi) is 7.50. The van der Waals surface area contributed by atoms with Crippen LogP contribution in [-0.2, 0) is 9.53 Å². The maximum Gasteiger partial charge on any atom is 0.320 e. The molecule has 5 nitrogen and oxygen atoms in total. The van der Waals surface area contributed by atoms with Crippen LogP contribution in [0.2, 0.25) is 0 Å². The van der Waals surface area contributed by atoms with E-state index in [-0.39, 0.29) is 12.5 Å². The van der Waals surface area contributed by atoms with E-state index in [1.165, 1.54) is 0 Å². The Hall–Kier alpha value is -1.75. The Bertz CT molecular complexity index is 391. The molecular weight excluding hydrogens is 258 g/mol. The van der Waals surface area contributed by atoms with Gasteiger partial charge in [-0.25, -0.2) is 0 Å². The minimum absolute atomic E-state index is 0.212. The van der Waals surface area contributed by atoms with Gasteiger partial charge in [-0.2, -0.15) is 0 Å². The summed E-state index contributed by atoms with van der Waals surface area (Å²) in [6, 6.07) is 7.50. The summed E-state index contributed by atoms with van der Waals surface area (Å²) in [5.74, 6) is 1.41. The lowest BCUT2D eigenvalue weighted by Gasteiger charge is -2.16. The molecule has 1 aromatic carbocycles. The van der Waals surface area contributed by atoms with Crippen molar-refractivity contribution in [3.05, 3.63) is 24.3 Å². The quantitative estimate of drug-likeness (QED) is 0.648. The Morgan fingerprint density at radius 2 is 1.65 bits per heavy atom. The van der Waals surface area contributed by atoms with Crippen molar-refractivity contribution >= 4 is 5.97 Å². The highest BCUT2D eigenvalue weighted by molar-refractivity contribution is 5.71. The zero-order chi connectivity index (χ0) is 14.8. The SMILES string of the molecule is CCOC(=O)CN(C)CCOc1ccc(OCC)cc1. The number of ether oxygens (including phenoxy) is 3. The van der Waals surface area contributed by atoms with Gasteiger partial charge in [0.2, 0.25) is 0 Å². The number of hydrogen-bond donors (Lipinski definition) is 0. The first-order chi connectivity index (χ1) is 9.65. The van der Waals surface area contributed by atoms with Crippen molar-refractivity contribution in [2.75, 3.05) is 40.0 Å². The first-order valence-electron chi connectivity index (χ1n) is 6.85. The van der Waals surface area contributed by atoms with E-state index in [1.54, 1.807) is 6.92 Å². The van der Waals surface area contributed by atoms with Crippen molar-refractivity contribution in [1.82, 2.24) is 4.90 Å². The van der Waals surface area contributed by atoms with Crippen LogP contribution in [0.4, 0.5) is 0 Å². The van der Waals surface area contributed by atoms with Gasteiger partial charge in [-0.3, -0.25) is 9.69 Å². The summed E-state index contributed by atoms with van der Waals surface area (Å²) in [5, 5.41) is 0. The largest absolute Gasteiger partial charge is 0.494 e. The van der Waals surface area contributed by atoms with Crippen LogP contribution >= 0.6 is 0 Å². The summed E-state index contributed by atoms with van der Waals surface area (Å²) in [4.78, 5) is 13.1. The molecule has 5 heteroatoms. The average molecular weight is 281 g/mol. The minimum Gasteiger partial charge on any atom is -0.494 e.